The minimum atomic E-state index is -0.685. The highest BCUT2D eigenvalue weighted by molar-refractivity contribution is 5.89. The predicted octanol–water partition coefficient (Wildman–Crippen LogP) is -0.0768. The fraction of sp³-hybridized carbons (Fsp3) is 0.400. The summed E-state index contributed by atoms with van der Waals surface area (Å²) < 4.78 is 1.47. The van der Waals surface area contributed by atoms with E-state index in [0.29, 0.717) is 25.2 Å². The number of imidazole rings is 1. The molecule has 4 amide bonds. The van der Waals surface area contributed by atoms with Crippen LogP contribution in [0.5, 0.6) is 0 Å². The van der Waals surface area contributed by atoms with Gasteiger partial charge in [-0.1, -0.05) is 30.3 Å². The molecule has 2 saturated heterocycles. The summed E-state index contributed by atoms with van der Waals surface area (Å²) in [7, 11) is 0. The topological polar surface area (TPSA) is 129 Å². The van der Waals surface area contributed by atoms with Gasteiger partial charge in [0.25, 0.3) is 11.8 Å². The monoisotopic (exact) mass is 428 g/mol. The minimum Gasteiger partial charge on any atom is -0.388 e. The van der Waals surface area contributed by atoms with E-state index in [-0.39, 0.29) is 31.8 Å². The van der Waals surface area contributed by atoms with Gasteiger partial charge in [0.05, 0.1) is 6.04 Å². The lowest BCUT2D eigenvalue weighted by atomic mass is 10.0. The number of hydrogen-bond acceptors (Lipinski definition) is 6. The first-order chi connectivity index (χ1) is 15.1. The van der Waals surface area contributed by atoms with E-state index in [1.165, 1.54) is 20.7 Å². The van der Waals surface area contributed by atoms with Crippen molar-refractivity contribution in [2.75, 3.05) is 6.54 Å². The number of nitrogens with zero attached hydrogens (tertiary/aromatic N) is 4. The normalized spacial score (nSPS) is 20.1. The van der Waals surface area contributed by atoms with Crippen LogP contribution in [0.15, 0.2) is 42.7 Å². The van der Waals surface area contributed by atoms with Gasteiger partial charge in [-0.05, 0) is 18.4 Å². The highest BCUT2D eigenvalue weighted by Gasteiger charge is 2.48. The molecule has 31 heavy (non-hydrogen) atoms. The van der Waals surface area contributed by atoms with Crippen molar-refractivity contribution in [2.24, 2.45) is 0 Å². The van der Waals surface area contributed by atoms with Crippen molar-refractivity contribution in [3.8, 4) is 0 Å². The van der Waals surface area contributed by atoms with Gasteiger partial charge in [-0.2, -0.15) is 5.06 Å². The van der Waals surface area contributed by atoms with E-state index in [9.17, 15) is 19.5 Å². The molecule has 1 aromatic heterocycles. The lowest BCUT2D eigenvalue weighted by molar-refractivity contribution is -0.140. The average Bonchev–Trinajstić information content (AvgIpc) is 3.33. The van der Waals surface area contributed by atoms with Crippen molar-refractivity contribution in [3.63, 3.8) is 0 Å². The van der Waals surface area contributed by atoms with E-state index in [4.69, 9.17) is 4.84 Å². The quantitative estimate of drug-likeness (QED) is 0.529. The van der Waals surface area contributed by atoms with Gasteiger partial charge in [0, 0.05) is 18.9 Å². The van der Waals surface area contributed by atoms with Gasteiger partial charge in [-0.3, -0.25) is 25.3 Å². The van der Waals surface area contributed by atoms with Gasteiger partial charge < -0.3 is 14.6 Å². The summed E-state index contributed by atoms with van der Waals surface area (Å²) in [5, 5.41) is 10.5. The Labute approximate surface area is 178 Å². The second-order valence-corrected chi connectivity index (χ2v) is 7.43. The van der Waals surface area contributed by atoms with Crippen LogP contribution in [0.4, 0.5) is 4.79 Å². The van der Waals surface area contributed by atoms with Crippen molar-refractivity contribution >= 4 is 17.8 Å². The third kappa shape index (κ3) is 4.52. The minimum absolute atomic E-state index is 0.104. The van der Waals surface area contributed by atoms with E-state index in [1.54, 1.807) is 6.20 Å². The standard InChI is InChI=1S/C20H24N6O5/c27-12-17-21-8-9-24(17)11-18(28)22-23-19(29)16-7-6-15-10-25(16)20(30)26(15)31-13-14-4-2-1-3-5-14/h1-5,8-9,15-16,27H,6-7,10-13H2,(H,22,28)(H,23,29)/t15-,16+/m1/s1. The van der Waals surface area contributed by atoms with Crippen molar-refractivity contribution in [2.45, 2.75) is 44.7 Å². The number of amides is 4. The summed E-state index contributed by atoms with van der Waals surface area (Å²) in [6.45, 7) is 0.269. The molecule has 2 atom stereocenters. The Morgan fingerprint density at radius 3 is 2.77 bits per heavy atom. The van der Waals surface area contributed by atoms with Gasteiger partial charge in [0.1, 0.15) is 31.6 Å². The fourth-order valence-electron chi connectivity index (χ4n) is 3.83. The summed E-state index contributed by atoms with van der Waals surface area (Å²) in [6.07, 6.45) is 4.12. The number of rotatable bonds is 7. The summed E-state index contributed by atoms with van der Waals surface area (Å²) in [4.78, 5) is 48.6. The zero-order valence-corrected chi connectivity index (χ0v) is 16.8. The van der Waals surface area contributed by atoms with Gasteiger partial charge in [0.15, 0.2) is 0 Å². The second-order valence-electron chi connectivity index (χ2n) is 7.43. The van der Waals surface area contributed by atoms with E-state index < -0.39 is 17.9 Å². The van der Waals surface area contributed by atoms with Crippen LogP contribution in [0.2, 0.25) is 0 Å². The number of hydroxylamine groups is 2. The molecule has 0 radical (unpaired) electrons. The van der Waals surface area contributed by atoms with E-state index in [0.717, 1.165) is 5.56 Å². The summed E-state index contributed by atoms with van der Waals surface area (Å²) in [5.74, 6) is -0.591. The molecular weight excluding hydrogens is 404 g/mol. The SMILES string of the molecule is O=C(Cn1ccnc1CO)NNC(=O)[C@@H]1CC[C@@H]2CN1C(=O)N2OCc1ccccc1. The van der Waals surface area contributed by atoms with Crippen LogP contribution < -0.4 is 10.9 Å². The zero-order chi connectivity index (χ0) is 21.8. The zero-order valence-electron chi connectivity index (χ0n) is 16.8. The summed E-state index contributed by atoms with van der Waals surface area (Å²) in [6, 6.07) is 8.40. The first kappa shape index (κ1) is 20.8. The molecule has 1 aromatic carbocycles. The third-order valence-corrected chi connectivity index (χ3v) is 5.42. The predicted molar refractivity (Wildman–Crippen MR) is 106 cm³/mol. The van der Waals surface area contributed by atoms with E-state index >= 15 is 0 Å². The molecule has 4 rings (SSSR count). The maximum absolute atomic E-state index is 12.8. The number of aliphatic hydroxyl groups excluding tert-OH is 1. The Morgan fingerprint density at radius 2 is 2.00 bits per heavy atom. The summed E-state index contributed by atoms with van der Waals surface area (Å²) >= 11 is 0. The van der Waals surface area contributed by atoms with Crippen LogP contribution in [0.3, 0.4) is 0 Å². The van der Waals surface area contributed by atoms with Gasteiger partial charge in [0.2, 0.25) is 0 Å². The molecule has 2 fully saturated rings. The Balaban J connectivity index is 1.29. The molecule has 2 bridgehead atoms. The molecule has 0 unspecified atom stereocenters. The van der Waals surface area contributed by atoms with Crippen LogP contribution in [-0.4, -0.2) is 61.1 Å². The molecule has 11 nitrogen and oxygen atoms in total. The number of urea groups is 1. The average molecular weight is 428 g/mol. The largest absolute Gasteiger partial charge is 0.388 e. The molecular formula is C20H24N6O5. The number of fused-ring (bicyclic) bond motifs is 2. The first-order valence-electron chi connectivity index (χ1n) is 10.0. The summed E-state index contributed by atoms with van der Waals surface area (Å²) in [5.41, 5.74) is 5.69. The molecule has 3 N–H and O–H groups in total. The van der Waals surface area contributed by atoms with Crippen molar-refractivity contribution < 1.29 is 24.3 Å². The molecule has 2 aromatic rings. The third-order valence-electron chi connectivity index (χ3n) is 5.42. The van der Waals surface area contributed by atoms with Crippen LogP contribution in [0.1, 0.15) is 24.2 Å². The van der Waals surface area contributed by atoms with E-state index in [1.807, 2.05) is 30.3 Å². The number of hydrazine groups is 1. The Morgan fingerprint density at radius 1 is 1.19 bits per heavy atom. The first-order valence-corrected chi connectivity index (χ1v) is 10.0. The number of aromatic nitrogens is 2. The Bertz CT molecular complexity index is 949. The molecule has 11 heteroatoms. The number of nitrogens with one attached hydrogen (secondary N) is 2. The maximum Gasteiger partial charge on any atom is 0.345 e. The van der Waals surface area contributed by atoms with Crippen molar-refractivity contribution in [1.29, 1.82) is 0 Å². The fourth-order valence-corrected chi connectivity index (χ4v) is 3.83. The maximum atomic E-state index is 12.8. The molecule has 3 heterocycles. The van der Waals surface area contributed by atoms with Gasteiger partial charge in [-0.25, -0.2) is 9.78 Å². The van der Waals surface area contributed by atoms with Crippen LogP contribution >= 0.6 is 0 Å². The molecule has 0 spiro atoms. The highest BCUT2D eigenvalue weighted by Crippen LogP contribution is 2.30. The molecule has 0 aliphatic carbocycles. The number of carbonyl (C=O) groups excluding carboxylic acids is 3. The number of benzene rings is 1. The van der Waals surface area contributed by atoms with E-state index in [2.05, 4.69) is 15.8 Å². The van der Waals surface area contributed by atoms with Gasteiger partial charge >= 0.3 is 6.03 Å². The number of carbonyl (C=O) groups is 3. The van der Waals surface area contributed by atoms with Crippen LogP contribution in [0, 0.1) is 0 Å². The number of hydrogen-bond donors (Lipinski definition) is 3. The second kappa shape index (κ2) is 9.14. The molecule has 2 aliphatic rings. The van der Waals surface area contributed by atoms with Gasteiger partial charge in [-0.15, -0.1) is 0 Å². The lowest BCUT2D eigenvalue weighted by Crippen LogP contribution is -2.54. The van der Waals surface area contributed by atoms with Crippen molar-refractivity contribution in [1.82, 2.24) is 30.4 Å². The highest BCUT2D eigenvalue weighted by atomic mass is 16.7. The Hall–Kier alpha value is -3.44. The Kier molecular flexibility index (Phi) is 6.14. The molecule has 0 saturated carbocycles. The lowest BCUT2D eigenvalue weighted by Gasteiger charge is -2.29. The van der Waals surface area contributed by atoms with Crippen LogP contribution in [0.25, 0.3) is 0 Å². The number of aliphatic hydroxyl groups is 1. The van der Waals surface area contributed by atoms with Crippen molar-refractivity contribution in [3.05, 3.63) is 54.1 Å². The van der Waals surface area contributed by atoms with Crippen LogP contribution in [-0.2, 0) is 34.2 Å². The number of piperidine rings is 1. The smallest absolute Gasteiger partial charge is 0.345 e. The molecule has 2 aliphatic heterocycles. The molecule has 164 valence electrons.